The van der Waals surface area contributed by atoms with Gasteiger partial charge in [-0.15, -0.1) is 0 Å². The summed E-state index contributed by atoms with van der Waals surface area (Å²) in [4.78, 5) is 10.5. The molecule has 1 heterocycles. The molecule has 0 saturated heterocycles. The minimum absolute atomic E-state index is 0.0142. The highest BCUT2D eigenvalue weighted by atomic mass is 35.5. The number of carbonyl (C=O) groups is 1. The van der Waals surface area contributed by atoms with E-state index in [2.05, 4.69) is 5.16 Å². The first-order valence-electron chi connectivity index (χ1n) is 5.18. The van der Waals surface area contributed by atoms with E-state index in [0.29, 0.717) is 23.2 Å². The molecule has 4 nitrogen and oxygen atoms in total. The molecule has 0 fully saturated rings. The van der Waals surface area contributed by atoms with Gasteiger partial charge in [-0.2, -0.15) is 0 Å². The largest absolute Gasteiger partial charge is 0.481 e. The van der Waals surface area contributed by atoms with Crippen LogP contribution in [0.2, 0.25) is 5.02 Å². The molecular formula is C12H9ClFNO3. The van der Waals surface area contributed by atoms with Crippen molar-refractivity contribution in [3.05, 3.63) is 40.9 Å². The summed E-state index contributed by atoms with van der Waals surface area (Å²) >= 11 is 5.68. The zero-order chi connectivity index (χ0) is 13.1. The third-order valence-electron chi connectivity index (χ3n) is 2.44. The number of aliphatic carboxylic acids is 1. The monoisotopic (exact) mass is 269 g/mol. The number of aromatic nitrogens is 1. The van der Waals surface area contributed by atoms with Crippen LogP contribution >= 0.6 is 11.6 Å². The fourth-order valence-corrected chi connectivity index (χ4v) is 1.74. The van der Waals surface area contributed by atoms with E-state index in [0.717, 1.165) is 0 Å². The van der Waals surface area contributed by atoms with Crippen LogP contribution in [0.15, 0.2) is 29.0 Å². The zero-order valence-corrected chi connectivity index (χ0v) is 9.95. The smallest absolute Gasteiger partial charge is 0.303 e. The molecule has 2 aromatic rings. The molecule has 0 aliphatic rings. The molecule has 0 spiro atoms. The molecule has 0 radical (unpaired) electrons. The number of carboxylic acids is 1. The maximum absolute atomic E-state index is 13.0. The second-order valence-corrected chi connectivity index (χ2v) is 4.12. The van der Waals surface area contributed by atoms with Crippen LogP contribution in [-0.4, -0.2) is 16.2 Å². The summed E-state index contributed by atoms with van der Waals surface area (Å²) in [7, 11) is 0. The summed E-state index contributed by atoms with van der Waals surface area (Å²) in [6.07, 6.45) is 1.65. The second-order valence-electron chi connectivity index (χ2n) is 3.71. The van der Waals surface area contributed by atoms with Crippen LogP contribution in [0.1, 0.15) is 12.0 Å². The highest BCUT2D eigenvalue weighted by molar-refractivity contribution is 6.31. The topological polar surface area (TPSA) is 63.3 Å². The molecule has 1 aromatic heterocycles. The number of benzene rings is 1. The molecule has 0 aliphatic carbocycles. The lowest BCUT2D eigenvalue weighted by Crippen LogP contribution is -1.97. The van der Waals surface area contributed by atoms with Gasteiger partial charge in [0.15, 0.2) is 0 Å². The van der Waals surface area contributed by atoms with E-state index >= 15 is 0 Å². The highest BCUT2D eigenvalue weighted by Crippen LogP contribution is 2.27. The average Bonchev–Trinajstić information content (AvgIpc) is 2.78. The standard InChI is InChI=1S/C12H9ClFNO3/c13-9-5-7(1-3-10(9)14)12-8(6-18-15-12)2-4-11(16)17/h1,3,5-6H,2,4H2,(H,16,17). The lowest BCUT2D eigenvalue weighted by molar-refractivity contribution is -0.136. The van der Waals surface area contributed by atoms with Gasteiger partial charge >= 0.3 is 5.97 Å². The van der Waals surface area contributed by atoms with Gasteiger partial charge in [-0.1, -0.05) is 16.8 Å². The first-order chi connectivity index (χ1) is 8.58. The van der Waals surface area contributed by atoms with Crippen molar-refractivity contribution in [3.8, 4) is 11.3 Å². The average molecular weight is 270 g/mol. The summed E-state index contributed by atoms with van der Waals surface area (Å²) in [6.45, 7) is 0. The van der Waals surface area contributed by atoms with E-state index in [1.807, 2.05) is 0 Å². The van der Waals surface area contributed by atoms with Gasteiger partial charge in [-0.05, 0) is 24.6 Å². The third kappa shape index (κ3) is 2.68. The van der Waals surface area contributed by atoms with Gasteiger partial charge in [0.2, 0.25) is 0 Å². The van der Waals surface area contributed by atoms with Crippen LogP contribution in [-0.2, 0) is 11.2 Å². The third-order valence-corrected chi connectivity index (χ3v) is 2.73. The Kier molecular flexibility index (Phi) is 3.62. The Hall–Kier alpha value is -1.88. The van der Waals surface area contributed by atoms with Gasteiger partial charge in [-0.3, -0.25) is 4.79 Å². The lowest BCUT2D eigenvalue weighted by atomic mass is 10.0. The Balaban J connectivity index is 2.30. The van der Waals surface area contributed by atoms with Gasteiger partial charge in [0, 0.05) is 17.5 Å². The normalized spacial score (nSPS) is 10.6. The van der Waals surface area contributed by atoms with E-state index in [4.69, 9.17) is 21.2 Å². The predicted molar refractivity (Wildman–Crippen MR) is 62.9 cm³/mol. The van der Waals surface area contributed by atoms with Crippen LogP contribution in [0.5, 0.6) is 0 Å². The van der Waals surface area contributed by atoms with E-state index < -0.39 is 11.8 Å². The molecule has 0 bridgehead atoms. The van der Waals surface area contributed by atoms with Crippen molar-refractivity contribution in [1.29, 1.82) is 0 Å². The number of rotatable bonds is 4. The maximum Gasteiger partial charge on any atom is 0.303 e. The molecule has 0 aliphatic heterocycles. The Bertz CT molecular complexity index is 582. The molecule has 0 atom stereocenters. The zero-order valence-electron chi connectivity index (χ0n) is 9.19. The maximum atomic E-state index is 13.0. The van der Waals surface area contributed by atoms with Crippen molar-refractivity contribution in [2.75, 3.05) is 0 Å². The summed E-state index contributed by atoms with van der Waals surface area (Å²) in [5, 5.41) is 12.4. The van der Waals surface area contributed by atoms with Gasteiger partial charge in [0.1, 0.15) is 17.8 Å². The van der Waals surface area contributed by atoms with Crippen LogP contribution < -0.4 is 0 Å². The Morgan fingerprint density at radius 1 is 1.50 bits per heavy atom. The van der Waals surface area contributed by atoms with Gasteiger partial charge < -0.3 is 9.63 Å². The van der Waals surface area contributed by atoms with Crippen LogP contribution in [0.3, 0.4) is 0 Å². The number of halogens is 2. The predicted octanol–water partition coefficient (Wildman–Crippen LogP) is 3.15. The molecule has 6 heteroatoms. The van der Waals surface area contributed by atoms with E-state index in [-0.39, 0.29) is 11.4 Å². The number of hydrogen-bond acceptors (Lipinski definition) is 3. The van der Waals surface area contributed by atoms with Crippen molar-refractivity contribution in [2.45, 2.75) is 12.8 Å². The minimum Gasteiger partial charge on any atom is -0.481 e. The van der Waals surface area contributed by atoms with Crippen LogP contribution in [0.25, 0.3) is 11.3 Å². The molecule has 1 aromatic carbocycles. The first-order valence-corrected chi connectivity index (χ1v) is 5.56. The minimum atomic E-state index is -0.903. The van der Waals surface area contributed by atoms with E-state index in [1.54, 1.807) is 0 Å². The number of aryl methyl sites for hydroxylation is 1. The lowest BCUT2D eigenvalue weighted by Gasteiger charge is -2.01. The number of hydrogen-bond donors (Lipinski definition) is 1. The van der Waals surface area contributed by atoms with E-state index in [1.165, 1.54) is 24.5 Å². The van der Waals surface area contributed by atoms with Crippen molar-refractivity contribution < 1.29 is 18.8 Å². The fourth-order valence-electron chi connectivity index (χ4n) is 1.56. The molecule has 0 amide bonds. The van der Waals surface area contributed by atoms with Crippen LogP contribution in [0, 0.1) is 5.82 Å². The Morgan fingerprint density at radius 2 is 2.28 bits per heavy atom. The Morgan fingerprint density at radius 3 is 2.94 bits per heavy atom. The Labute approximate surface area is 107 Å². The highest BCUT2D eigenvalue weighted by Gasteiger charge is 2.13. The second kappa shape index (κ2) is 5.18. The molecule has 18 heavy (non-hydrogen) atoms. The molecule has 1 N–H and O–H groups in total. The van der Waals surface area contributed by atoms with Crippen molar-refractivity contribution in [3.63, 3.8) is 0 Å². The number of carboxylic acid groups (broad SMARTS) is 1. The van der Waals surface area contributed by atoms with Crippen LogP contribution in [0.4, 0.5) is 4.39 Å². The molecular weight excluding hydrogens is 261 g/mol. The fraction of sp³-hybridized carbons (Fsp3) is 0.167. The van der Waals surface area contributed by atoms with Crippen molar-refractivity contribution in [2.24, 2.45) is 0 Å². The van der Waals surface area contributed by atoms with Gasteiger partial charge in [-0.25, -0.2) is 4.39 Å². The quantitative estimate of drug-likeness (QED) is 0.926. The molecule has 0 unspecified atom stereocenters. The summed E-state index contributed by atoms with van der Waals surface area (Å²) in [5.41, 5.74) is 1.73. The molecule has 94 valence electrons. The first kappa shape index (κ1) is 12.6. The van der Waals surface area contributed by atoms with Crippen molar-refractivity contribution in [1.82, 2.24) is 5.16 Å². The SMILES string of the molecule is O=C(O)CCc1conc1-c1ccc(F)c(Cl)c1. The molecule has 2 rings (SSSR count). The van der Waals surface area contributed by atoms with Gasteiger partial charge in [0.05, 0.1) is 5.02 Å². The summed E-state index contributed by atoms with van der Waals surface area (Å²) in [5.74, 6) is -1.42. The van der Waals surface area contributed by atoms with E-state index in [9.17, 15) is 9.18 Å². The molecule has 0 saturated carbocycles. The van der Waals surface area contributed by atoms with Crippen molar-refractivity contribution >= 4 is 17.6 Å². The summed E-state index contributed by atoms with van der Waals surface area (Å²) in [6, 6.07) is 4.18. The summed E-state index contributed by atoms with van der Waals surface area (Å²) < 4.78 is 17.9. The van der Waals surface area contributed by atoms with Gasteiger partial charge in [0.25, 0.3) is 0 Å². The number of nitrogens with zero attached hydrogens (tertiary/aromatic N) is 1.